The van der Waals surface area contributed by atoms with Gasteiger partial charge in [0.15, 0.2) is 0 Å². The molecular weight excluding hydrogens is 329 g/mol. The Hall–Kier alpha value is -0.410. The van der Waals surface area contributed by atoms with Crippen LogP contribution in [-0.4, -0.2) is 12.6 Å². The van der Waals surface area contributed by atoms with Crippen LogP contribution in [0.25, 0.3) is 0 Å². The van der Waals surface area contributed by atoms with E-state index >= 15 is 0 Å². The molecule has 0 bridgehead atoms. The second-order valence-corrected chi connectivity index (χ2v) is 7.58. The van der Waals surface area contributed by atoms with Gasteiger partial charge in [-0.15, -0.1) is 0 Å². The molecule has 0 aliphatic heterocycles. The minimum absolute atomic E-state index is 0.0825. The lowest BCUT2D eigenvalue weighted by molar-refractivity contribution is 0.143. The molecule has 0 amide bonds. The molecule has 1 atom stereocenters. The highest BCUT2D eigenvalue weighted by Gasteiger charge is 2.35. The summed E-state index contributed by atoms with van der Waals surface area (Å²) in [7, 11) is 0. The summed E-state index contributed by atoms with van der Waals surface area (Å²) < 4.78 is 15.1. The van der Waals surface area contributed by atoms with Crippen LogP contribution in [0.4, 0.5) is 4.39 Å². The predicted molar refractivity (Wildman–Crippen MR) is 91.1 cm³/mol. The average Bonchev–Trinajstić information content (AvgIpc) is 2.47. The molecule has 21 heavy (non-hydrogen) atoms. The van der Waals surface area contributed by atoms with Crippen LogP contribution < -0.4 is 5.32 Å². The number of benzene rings is 1. The van der Waals surface area contributed by atoms with E-state index in [0.717, 1.165) is 29.4 Å². The first kappa shape index (κ1) is 17.0. The maximum atomic E-state index is 14.1. The van der Waals surface area contributed by atoms with Gasteiger partial charge in [0.2, 0.25) is 0 Å². The SMILES string of the molecule is CCCNC(Cc1cc(Br)ccc1F)C1(C)CCCCC1. The molecular formula is C18H27BrFN. The summed E-state index contributed by atoms with van der Waals surface area (Å²) in [6, 6.07) is 5.64. The molecule has 3 heteroatoms. The topological polar surface area (TPSA) is 12.0 Å². The van der Waals surface area contributed by atoms with Crippen LogP contribution in [0.5, 0.6) is 0 Å². The number of hydrogen-bond donors (Lipinski definition) is 1. The van der Waals surface area contributed by atoms with Gasteiger partial charge in [0.25, 0.3) is 0 Å². The van der Waals surface area contributed by atoms with E-state index in [-0.39, 0.29) is 5.82 Å². The van der Waals surface area contributed by atoms with Crippen LogP contribution >= 0.6 is 15.9 Å². The molecule has 1 unspecified atom stereocenters. The molecule has 1 N–H and O–H groups in total. The first-order chi connectivity index (χ1) is 10.0. The van der Waals surface area contributed by atoms with Gasteiger partial charge in [-0.1, -0.05) is 49.0 Å². The van der Waals surface area contributed by atoms with Gasteiger partial charge < -0.3 is 5.32 Å². The van der Waals surface area contributed by atoms with Crippen molar-refractivity contribution in [2.45, 2.75) is 64.8 Å². The lowest BCUT2D eigenvalue weighted by atomic mass is 9.69. The molecule has 1 aliphatic carbocycles. The van der Waals surface area contributed by atoms with Crippen molar-refractivity contribution in [1.82, 2.24) is 5.32 Å². The Bertz CT molecular complexity index is 455. The summed E-state index contributed by atoms with van der Waals surface area (Å²) in [6.07, 6.45) is 8.37. The van der Waals surface area contributed by atoms with E-state index in [1.54, 1.807) is 12.1 Å². The largest absolute Gasteiger partial charge is 0.313 e. The predicted octanol–water partition coefficient (Wildman–Crippen LogP) is 5.47. The Balaban J connectivity index is 2.17. The van der Waals surface area contributed by atoms with Gasteiger partial charge in [0.1, 0.15) is 5.82 Å². The van der Waals surface area contributed by atoms with Gasteiger partial charge in [-0.05, 0) is 61.4 Å². The molecule has 2 rings (SSSR count). The van der Waals surface area contributed by atoms with Gasteiger partial charge in [-0.2, -0.15) is 0 Å². The summed E-state index contributed by atoms with van der Waals surface area (Å²) in [6.45, 7) is 5.58. The number of nitrogens with one attached hydrogen (secondary N) is 1. The number of rotatable bonds is 6. The average molecular weight is 356 g/mol. The summed E-state index contributed by atoms with van der Waals surface area (Å²) >= 11 is 3.46. The number of halogens is 2. The molecule has 0 aromatic heterocycles. The second kappa shape index (κ2) is 7.73. The Morgan fingerprint density at radius 3 is 2.67 bits per heavy atom. The maximum absolute atomic E-state index is 14.1. The van der Waals surface area contributed by atoms with Crippen molar-refractivity contribution >= 4 is 15.9 Å². The highest BCUT2D eigenvalue weighted by molar-refractivity contribution is 9.10. The first-order valence-electron chi connectivity index (χ1n) is 8.22. The van der Waals surface area contributed by atoms with E-state index in [1.807, 2.05) is 6.07 Å². The zero-order valence-corrected chi connectivity index (χ0v) is 14.8. The second-order valence-electron chi connectivity index (χ2n) is 6.66. The first-order valence-corrected chi connectivity index (χ1v) is 9.02. The van der Waals surface area contributed by atoms with E-state index in [1.165, 1.54) is 32.1 Å². The van der Waals surface area contributed by atoms with Crippen LogP contribution in [0.15, 0.2) is 22.7 Å². The molecule has 0 heterocycles. The molecule has 1 fully saturated rings. The highest BCUT2D eigenvalue weighted by atomic mass is 79.9. The van der Waals surface area contributed by atoms with E-state index in [0.29, 0.717) is 11.5 Å². The molecule has 0 saturated heterocycles. The summed E-state index contributed by atoms with van der Waals surface area (Å²) in [5.74, 6) is -0.0825. The number of hydrogen-bond acceptors (Lipinski definition) is 1. The Morgan fingerprint density at radius 1 is 1.29 bits per heavy atom. The molecule has 0 spiro atoms. The van der Waals surface area contributed by atoms with Crippen molar-refractivity contribution in [3.05, 3.63) is 34.1 Å². The molecule has 1 saturated carbocycles. The van der Waals surface area contributed by atoms with Crippen molar-refractivity contribution in [2.24, 2.45) is 5.41 Å². The third kappa shape index (κ3) is 4.53. The maximum Gasteiger partial charge on any atom is 0.126 e. The van der Waals surface area contributed by atoms with Gasteiger partial charge in [-0.3, -0.25) is 0 Å². The van der Waals surface area contributed by atoms with Gasteiger partial charge in [-0.25, -0.2) is 4.39 Å². The third-order valence-electron chi connectivity index (χ3n) is 4.91. The van der Waals surface area contributed by atoms with Crippen molar-refractivity contribution in [3.63, 3.8) is 0 Å². The zero-order chi connectivity index (χ0) is 15.3. The summed E-state index contributed by atoms with van der Waals surface area (Å²) in [4.78, 5) is 0. The minimum atomic E-state index is -0.0825. The van der Waals surface area contributed by atoms with Gasteiger partial charge in [0.05, 0.1) is 0 Å². The van der Waals surface area contributed by atoms with Crippen LogP contribution in [0.3, 0.4) is 0 Å². The molecule has 1 nitrogen and oxygen atoms in total. The van der Waals surface area contributed by atoms with Crippen LogP contribution in [0.2, 0.25) is 0 Å². The molecule has 0 radical (unpaired) electrons. The fourth-order valence-electron chi connectivity index (χ4n) is 3.51. The minimum Gasteiger partial charge on any atom is -0.313 e. The van der Waals surface area contributed by atoms with Crippen molar-refractivity contribution in [1.29, 1.82) is 0 Å². The fourth-order valence-corrected chi connectivity index (χ4v) is 3.92. The van der Waals surface area contributed by atoms with E-state index in [2.05, 4.69) is 35.1 Å². The zero-order valence-electron chi connectivity index (χ0n) is 13.2. The Labute approximate surface area is 136 Å². The van der Waals surface area contributed by atoms with Crippen LogP contribution in [0.1, 0.15) is 57.9 Å². The Kier molecular flexibility index (Phi) is 6.24. The summed E-state index contributed by atoms with van der Waals surface area (Å²) in [5.41, 5.74) is 1.12. The Morgan fingerprint density at radius 2 is 2.00 bits per heavy atom. The van der Waals surface area contributed by atoms with E-state index in [4.69, 9.17) is 0 Å². The highest BCUT2D eigenvalue weighted by Crippen LogP contribution is 2.40. The normalized spacial score (nSPS) is 19.4. The summed E-state index contributed by atoms with van der Waals surface area (Å²) in [5, 5.41) is 3.69. The van der Waals surface area contributed by atoms with E-state index < -0.39 is 0 Å². The lowest BCUT2D eigenvalue weighted by Crippen LogP contribution is -2.46. The molecule has 1 aromatic carbocycles. The van der Waals surface area contributed by atoms with Gasteiger partial charge in [0, 0.05) is 10.5 Å². The quantitative estimate of drug-likeness (QED) is 0.713. The smallest absolute Gasteiger partial charge is 0.126 e. The van der Waals surface area contributed by atoms with Crippen LogP contribution in [0, 0.1) is 11.2 Å². The molecule has 118 valence electrons. The monoisotopic (exact) mass is 355 g/mol. The molecule has 1 aliphatic rings. The van der Waals surface area contributed by atoms with Crippen molar-refractivity contribution in [3.8, 4) is 0 Å². The standard InChI is InChI=1S/C18H27BrFN/c1-3-11-21-17(18(2)9-5-4-6-10-18)13-14-12-15(19)7-8-16(14)20/h7-8,12,17,21H,3-6,9-11,13H2,1-2H3. The van der Waals surface area contributed by atoms with Gasteiger partial charge >= 0.3 is 0 Å². The third-order valence-corrected chi connectivity index (χ3v) is 5.40. The fraction of sp³-hybridized carbons (Fsp3) is 0.667. The van der Waals surface area contributed by atoms with Crippen molar-refractivity contribution < 1.29 is 4.39 Å². The van der Waals surface area contributed by atoms with Crippen molar-refractivity contribution in [2.75, 3.05) is 6.54 Å². The van der Waals surface area contributed by atoms with Crippen LogP contribution in [-0.2, 0) is 6.42 Å². The van der Waals surface area contributed by atoms with E-state index in [9.17, 15) is 4.39 Å². The lowest BCUT2D eigenvalue weighted by Gasteiger charge is -2.41. The molecule has 1 aromatic rings.